The molecule has 3 rings (SSSR count). The number of alkyl carbamates (subject to hydrolysis) is 1. The van der Waals surface area contributed by atoms with E-state index in [0.717, 1.165) is 6.42 Å². The summed E-state index contributed by atoms with van der Waals surface area (Å²) in [4.78, 5) is 35.8. The van der Waals surface area contributed by atoms with Crippen molar-refractivity contribution in [2.75, 3.05) is 13.2 Å². The fourth-order valence-corrected chi connectivity index (χ4v) is 4.54. The van der Waals surface area contributed by atoms with E-state index in [4.69, 9.17) is 4.74 Å². The molecule has 0 fully saturated rings. The van der Waals surface area contributed by atoms with Crippen LogP contribution in [0.15, 0.2) is 48.5 Å². The number of nitrogens with one attached hydrogen (secondary N) is 2. The maximum absolute atomic E-state index is 12.2. The van der Waals surface area contributed by atoms with Crippen molar-refractivity contribution in [1.82, 2.24) is 10.6 Å². The average molecular weight is 467 g/mol. The second-order valence-corrected chi connectivity index (χ2v) is 8.71. The van der Waals surface area contributed by atoms with Crippen LogP contribution in [-0.4, -0.2) is 41.8 Å². The Balaban J connectivity index is 1.35. The van der Waals surface area contributed by atoms with Gasteiger partial charge >= 0.3 is 12.1 Å². The Bertz CT molecular complexity index is 970. The summed E-state index contributed by atoms with van der Waals surface area (Å²) in [5.74, 6) is -1.23. The van der Waals surface area contributed by atoms with Gasteiger partial charge in [0.15, 0.2) is 0 Å². The molecule has 7 heteroatoms. The molecule has 0 aromatic heterocycles. The quantitative estimate of drug-likeness (QED) is 0.388. The standard InChI is InChI=1S/C27H34N2O5/c1-3-27(4-2,25(31)32)29-24(30)16-6-5-11-17-28-26(33)34-18-23-21-14-9-7-12-19(21)20-13-8-10-15-22(20)23/h7-10,12-15,23H,3-6,11,16-18H2,1-2H3,(H,28,33)(H,29,30)(H,31,32). The molecule has 0 spiro atoms. The van der Waals surface area contributed by atoms with Crippen LogP contribution in [0, 0.1) is 0 Å². The molecular weight excluding hydrogens is 432 g/mol. The molecule has 2 aromatic carbocycles. The SMILES string of the molecule is CCC(CC)(NC(=O)CCCCCNC(=O)OCC1c2ccccc2-c2ccccc21)C(=O)O. The lowest BCUT2D eigenvalue weighted by molar-refractivity contribution is -0.148. The lowest BCUT2D eigenvalue weighted by Crippen LogP contribution is -2.53. The Kier molecular flexibility index (Phi) is 8.68. The molecule has 2 aromatic rings. The van der Waals surface area contributed by atoms with Crippen LogP contribution < -0.4 is 10.6 Å². The summed E-state index contributed by atoms with van der Waals surface area (Å²) >= 11 is 0. The molecule has 0 atom stereocenters. The highest BCUT2D eigenvalue weighted by Gasteiger charge is 2.36. The van der Waals surface area contributed by atoms with Gasteiger partial charge in [-0.25, -0.2) is 9.59 Å². The minimum absolute atomic E-state index is 0.0285. The summed E-state index contributed by atoms with van der Waals surface area (Å²) in [6.07, 6.45) is 2.58. The van der Waals surface area contributed by atoms with Gasteiger partial charge in [0.2, 0.25) is 5.91 Å². The van der Waals surface area contributed by atoms with Crippen molar-refractivity contribution in [2.24, 2.45) is 0 Å². The number of carbonyl (C=O) groups excluding carboxylic acids is 2. The molecule has 182 valence electrons. The van der Waals surface area contributed by atoms with Crippen LogP contribution in [-0.2, 0) is 14.3 Å². The maximum Gasteiger partial charge on any atom is 0.407 e. The minimum Gasteiger partial charge on any atom is -0.480 e. The first-order valence-electron chi connectivity index (χ1n) is 12.0. The Hall–Kier alpha value is -3.35. The number of hydrogen-bond acceptors (Lipinski definition) is 4. The third-order valence-corrected chi connectivity index (χ3v) is 6.69. The molecule has 0 aliphatic heterocycles. The van der Waals surface area contributed by atoms with Gasteiger partial charge in [0.05, 0.1) is 0 Å². The lowest BCUT2D eigenvalue weighted by atomic mass is 9.92. The highest BCUT2D eigenvalue weighted by Crippen LogP contribution is 2.44. The number of carboxylic acid groups (broad SMARTS) is 1. The van der Waals surface area contributed by atoms with Gasteiger partial charge in [0.1, 0.15) is 12.1 Å². The molecule has 3 N–H and O–H groups in total. The van der Waals surface area contributed by atoms with Crippen molar-refractivity contribution < 1.29 is 24.2 Å². The van der Waals surface area contributed by atoms with Crippen LogP contribution in [0.3, 0.4) is 0 Å². The van der Waals surface area contributed by atoms with Crippen LogP contribution in [0.2, 0.25) is 0 Å². The summed E-state index contributed by atoms with van der Waals surface area (Å²) in [6.45, 7) is 4.25. The van der Waals surface area contributed by atoms with E-state index >= 15 is 0 Å². The number of carbonyl (C=O) groups is 3. The average Bonchev–Trinajstić information content (AvgIpc) is 3.17. The minimum atomic E-state index is -1.19. The number of carboxylic acids is 1. The van der Waals surface area contributed by atoms with Crippen molar-refractivity contribution >= 4 is 18.0 Å². The molecule has 0 saturated carbocycles. The first-order valence-corrected chi connectivity index (χ1v) is 12.0. The Morgan fingerprint density at radius 3 is 2.06 bits per heavy atom. The summed E-state index contributed by atoms with van der Waals surface area (Å²) < 4.78 is 5.52. The van der Waals surface area contributed by atoms with Crippen molar-refractivity contribution in [3.8, 4) is 11.1 Å². The van der Waals surface area contributed by atoms with E-state index in [1.54, 1.807) is 13.8 Å². The number of rotatable bonds is 12. The van der Waals surface area contributed by atoms with Crippen molar-refractivity contribution in [1.29, 1.82) is 0 Å². The van der Waals surface area contributed by atoms with Gasteiger partial charge in [0, 0.05) is 18.9 Å². The van der Waals surface area contributed by atoms with Crippen molar-refractivity contribution in [2.45, 2.75) is 63.8 Å². The molecule has 0 unspecified atom stereocenters. The van der Waals surface area contributed by atoms with Crippen LogP contribution in [0.4, 0.5) is 4.79 Å². The van der Waals surface area contributed by atoms with Crippen LogP contribution in [0.5, 0.6) is 0 Å². The van der Waals surface area contributed by atoms with Crippen LogP contribution >= 0.6 is 0 Å². The van der Waals surface area contributed by atoms with E-state index in [1.165, 1.54) is 22.3 Å². The normalized spacial score (nSPS) is 12.5. The molecular formula is C27H34N2O5. The summed E-state index contributed by atoms with van der Waals surface area (Å²) in [5.41, 5.74) is 3.54. The maximum atomic E-state index is 12.2. The van der Waals surface area contributed by atoms with Gasteiger partial charge in [-0.3, -0.25) is 4.79 Å². The van der Waals surface area contributed by atoms with Gasteiger partial charge in [-0.05, 0) is 47.9 Å². The fraction of sp³-hybridized carbons (Fsp3) is 0.444. The first kappa shape index (κ1) is 25.3. The van der Waals surface area contributed by atoms with Crippen LogP contribution in [0.25, 0.3) is 11.1 Å². The van der Waals surface area contributed by atoms with Gasteiger partial charge in [0.25, 0.3) is 0 Å². The smallest absolute Gasteiger partial charge is 0.407 e. The zero-order chi connectivity index (χ0) is 24.6. The predicted molar refractivity (Wildman–Crippen MR) is 131 cm³/mol. The predicted octanol–water partition coefficient (Wildman–Crippen LogP) is 4.85. The van der Waals surface area contributed by atoms with Gasteiger partial charge in [-0.1, -0.05) is 68.8 Å². The van der Waals surface area contributed by atoms with Crippen molar-refractivity contribution in [3.05, 3.63) is 59.7 Å². The van der Waals surface area contributed by atoms with E-state index in [1.807, 2.05) is 24.3 Å². The van der Waals surface area contributed by atoms with E-state index in [9.17, 15) is 19.5 Å². The molecule has 2 amide bonds. The van der Waals surface area contributed by atoms with Gasteiger partial charge in [-0.15, -0.1) is 0 Å². The Morgan fingerprint density at radius 2 is 1.50 bits per heavy atom. The van der Waals surface area contributed by atoms with E-state index in [2.05, 4.69) is 34.9 Å². The van der Waals surface area contributed by atoms with Gasteiger partial charge in [-0.2, -0.15) is 0 Å². The highest BCUT2D eigenvalue weighted by atomic mass is 16.5. The third-order valence-electron chi connectivity index (χ3n) is 6.69. The monoisotopic (exact) mass is 466 g/mol. The fourth-order valence-electron chi connectivity index (χ4n) is 4.54. The van der Waals surface area contributed by atoms with E-state index in [0.29, 0.717) is 32.2 Å². The molecule has 0 bridgehead atoms. The summed E-state index contributed by atoms with van der Waals surface area (Å²) in [5, 5.41) is 14.9. The van der Waals surface area contributed by atoms with Crippen LogP contribution in [0.1, 0.15) is 69.4 Å². The number of amides is 2. The molecule has 1 aliphatic rings. The third kappa shape index (κ3) is 5.76. The first-order chi connectivity index (χ1) is 16.4. The molecule has 0 radical (unpaired) electrons. The van der Waals surface area contributed by atoms with Gasteiger partial charge < -0.3 is 20.5 Å². The number of ether oxygens (including phenoxy) is 1. The Morgan fingerprint density at radius 1 is 0.912 bits per heavy atom. The zero-order valence-corrected chi connectivity index (χ0v) is 19.9. The summed E-state index contributed by atoms with van der Waals surface area (Å²) in [7, 11) is 0. The number of fused-ring (bicyclic) bond motifs is 3. The van der Waals surface area contributed by atoms with Crippen molar-refractivity contribution in [3.63, 3.8) is 0 Å². The van der Waals surface area contributed by atoms with E-state index < -0.39 is 17.6 Å². The van der Waals surface area contributed by atoms with E-state index in [-0.39, 0.29) is 24.9 Å². The molecule has 7 nitrogen and oxygen atoms in total. The topological polar surface area (TPSA) is 105 Å². The zero-order valence-electron chi connectivity index (χ0n) is 19.9. The number of unbranched alkanes of at least 4 members (excludes halogenated alkanes) is 2. The number of hydrogen-bond donors (Lipinski definition) is 3. The molecule has 0 saturated heterocycles. The Labute approximate surface area is 200 Å². The molecule has 1 aliphatic carbocycles. The lowest BCUT2D eigenvalue weighted by Gasteiger charge is -2.28. The highest BCUT2D eigenvalue weighted by molar-refractivity contribution is 5.87. The number of benzene rings is 2. The number of aliphatic carboxylic acids is 1. The summed E-state index contributed by atoms with van der Waals surface area (Å²) in [6, 6.07) is 16.4. The second kappa shape index (κ2) is 11.7. The molecule has 34 heavy (non-hydrogen) atoms. The molecule has 0 heterocycles. The second-order valence-electron chi connectivity index (χ2n) is 8.71. The largest absolute Gasteiger partial charge is 0.480 e.